The molecule has 1 aliphatic rings. The molecule has 0 aromatic carbocycles. The Morgan fingerprint density at radius 1 is 1.41 bits per heavy atom. The van der Waals surface area contributed by atoms with E-state index in [-0.39, 0.29) is 35.8 Å². The first-order valence-electron chi connectivity index (χ1n) is 5.14. The molecule has 2 unspecified atom stereocenters. The molecule has 3 nitrogen and oxygen atoms in total. The van der Waals surface area contributed by atoms with Gasteiger partial charge in [-0.15, -0.1) is 11.6 Å². The highest BCUT2D eigenvalue weighted by Crippen LogP contribution is 2.27. The molecule has 0 spiro atoms. The summed E-state index contributed by atoms with van der Waals surface area (Å²) >= 11 is 5.63. The van der Waals surface area contributed by atoms with Crippen molar-refractivity contribution in [1.82, 2.24) is 0 Å². The number of alkyl halides is 4. The zero-order chi connectivity index (χ0) is 13.1. The van der Waals surface area contributed by atoms with Gasteiger partial charge in [-0.05, 0) is 18.3 Å². The van der Waals surface area contributed by atoms with Crippen LogP contribution in [-0.2, 0) is 14.6 Å². The second-order valence-corrected chi connectivity index (χ2v) is 6.75. The maximum absolute atomic E-state index is 11.9. The standard InChI is InChI=1S/C9H14ClF3O3S/c10-3-8(4-16-6-9(11,12)13)7-1-2-17(14,15)5-7/h7-8H,1-6H2. The quantitative estimate of drug-likeness (QED) is 0.727. The Bertz CT molecular complexity index is 342. The van der Waals surface area contributed by atoms with Crippen LogP contribution in [0, 0.1) is 11.8 Å². The lowest BCUT2D eigenvalue weighted by Gasteiger charge is -2.20. The lowest BCUT2D eigenvalue weighted by molar-refractivity contribution is -0.177. The molecule has 0 amide bonds. The smallest absolute Gasteiger partial charge is 0.372 e. The number of halogens is 4. The second kappa shape index (κ2) is 5.75. The topological polar surface area (TPSA) is 43.4 Å². The van der Waals surface area contributed by atoms with Crippen LogP contribution in [0.25, 0.3) is 0 Å². The van der Waals surface area contributed by atoms with Gasteiger partial charge in [0.1, 0.15) is 6.61 Å². The third-order valence-corrected chi connectivity index (χ3v) is 4.92. The van der Waals surface area contributed by atoms with Crippen molar-refractivity contribution < 1.29 is 26.3 Å². The first kappa shape index (κ1) is 15.0. The van der Waals surface area contributed by atoms with Crippen molar-refractivity contribution in [2.24, 2.45) is 11.8 Å². The monoisotopic (exact) mass is 294 g/mol. The second-order valence-electron chi connectivity index (χ2n) is 4.21. The van der Waals surface area contributed by atoms with E-state index >= 15 is 0 Å². The highest BCUT2D eigenvalue weighted by Gasteiger charge is 2.34. The van der Waals surface area contributed by atoms with E-state index in [0.717, 1.165) is 0 Å². The number of ether oxygens (including phenoxy) is 1. The van der Waals surface area contributed by atoms with Gasteiger partial charge in [-0.3, -0.25) is 0 Å². The Morgan fingerprint density at radius 3 is 2.47 bits per heavy atom. The first-order valence-corrected chi connectivity index (χ1v) is 7.50. The lowest BCUT2D eigenvalue weighted by Crippen LogP contribution is -2.26. The van der Waals surface area contributed by atoms with E-state index in [4.69, 9.17) is 11.6 Å². The molecule has 0 aromatic rings. The van der Waals surface area contributed by atoms with E-state index < -0.39 is 22.6 Å². The van der Waals surface area contributed by atoms with E-state index in [1.54, 1.807) is 0 Å². The van der Waals surface area contributed by atoms with Gasteiger partial charge in [-0.2, -0.15) is 13.2 Å². The molecule has 102 valence electrons. The summed E-state index contributed by atoms with van der Waals surface area (Å²) in [6.45, 7) is -1.47. The maximum Gasteiger partial charge on any atom is 0.411 e. The number of hydrogen-bond donors (Lipinski definition) is 0. The van der Waals surface area contributed by atoms with E-state index in [1.165, 1.54) is 0 Å². The molecule has 1 saturated heterocycles. The molecule has 0 radical (unpaired) electrons. The minimum Gasteiger partial charge on any atom is -0.372 e. The van der Waals surface area contributed by atoms with Crippen LogP contribution in [0.5, 0.6) is 0 Å². The molecule has 0 N–H and O–H groups in total. The average molecular weight is 295 g/mol. The van der Waals surface area contributed by atoms with Crippen LogP contribution < -0.4 is 0 Å². The minimum absolute atomic E-state index is 0.000234. The van der Waals surface area contributed by atoms with Crippen LogP contribution in [0.15, 0.2) is 0 Å². The van der Waals surface area contributed by atoms with Gasteiger partial charge in [-0.25, -0.2) is 8.42 Å². The van der Waals surface area contributed by atoms with Crippen molar-refractivity contribution in [1.29, 1.82) is 0 Å². The van der Waals surface area contributed by atoms with Crippen LogP contribution in [0.3, 0.4) is 0 Å². The Morgan fingerprint density at radius 2 is 2.06 bits per heavy atom. The molecule has 2 atom stereocenters. The van der Waals surface area contributed by atoms with Crippen molar-refractivity contribution in [3.63, 3.8) is 0 Å². The van der Waals surface area contributed by atoms with E-state index in [1.807, 2.05) is 0 Å². The third-order valence-electron chi connectivity index (χ3n) is 2.73. The predicted molar refractivity (Wildman–Crippen MR) is 57.8 cm³/mol. The van der Waals surface area contributed by atoms with Gasteiger partial charge < -0.3 is 4.74 Å². The van der Waals surface area contributed by atoms with Crippen LogP contribution in [0.4, 0.5) is 13.2 Å². The maximum atomic E-state index is 11.9. The summed E-state index contributed by atoms with van der Waals surface area (Å²) in [6, 6.07) is 0. The fraction of sp³-hybridized carbons (Fsp3) is 1.00. The summed E-state index contributed by atoms with van der Waals surface area (Å²) in [5.41, 5.74) is 0. The molecule has 8 heteroatoms. The molecule has 1 fully saturated rings. The molecule has 0 aliphatic carbocycles. The molecular formula is C9H14ClF3O3S. The van der Waals surface area contributed by atoms with E-state index in [2.05, 4.69) is 4.74 Å². The van der Waals surface area contributed by atoms with Crippen molar-refractivity contribution in [3.05, 3.63) is 0 Å². The Labute approximate surface area is 103 Å². The van der Waals surface area contributed by atoms with Gasteiger partial charge in [0, 0.05) is 5.88 Å². The van der Waals surface area contributed by atoms with Crippen molar-refractivity contribution in [2.45, 2.75) is 12.6 Å². The van der Waals surface area contributed by atoms with E-state index in [0.29, 0.717) is 6.42 Å². The summed E-state index contributed by atoms with van der Waals surface area (Å²) in [5, 5.41) is 0. The zero-order valence-corrected chi connectivity index (χ0v) is 10.6. The SMILES string of the molecule is O=S1(=O)CCC(C(CCl)COCC(F)(F)F)C1. The predicted octanol–water partition coefficient (Wildman–Crippen LogP) is 1.85. The molecule has 17 heavy (non-hydrogen) atoms. The Hall–Kier alpha value is -0.0100. The number of rotatable bonds is 5. The fourth-order valence-corrected chi connectivity index (χ4v) is 4.09. The van der Waals surface area contributed by atoms with Gasteiger partial charge >= 0.3 is 6.18 Å². The van der Waals surface area contributed by atoms with Gasteiger partial charge in [0.2, 0.25) is 0 Å². The van der Waals surface area contributed by atoms with Crippen LogP contribution in [-0.4, -0.2) is 45.2 Å². The lowest BCUT2D eigenvalue weighted by atomic mass is 9.94. The van der Waals surface area contributed by atoms with Crippen molar-refractivity contribution in [3.8, 4) is 0 Å². The molecule has 1 rings (SSSR count). The molecule has 1 aliphatic heterocycles. The van der Waals surface area contributed by atoms with Crippen molar-refractivity contribution in [2.75, 3.05) is 30.6 Å². The Balaban J connectivity index is 2.39. The fourth-order valence-electron chi connectivity index (χ4n) is 1.83. The van der Waals surface area contributed by atoms with Gasteiger partial charge in [0.15, 0.2) is 9.84 Å². The molecule has 0 bridgehead atoms. The average Bonchev–Trinajstić information content (AvgIpc) is 2.52. The third kappa shape index (κ3) is 5.44. The molecular weight excluding hydrogens is 281 g/mol. The van der Waals surface area contributed by atoms with Crippen molar-refractivity contribution >= 4 is 21.4 Å². The van der Waals surface area contributed by atoms with Gasteiger partial charge in [-0.1, -0.05) is 0 Å². The summed E-state index contributed by atoms with van der Waals surface area (Å²) in [6.07, 6.45) is -3.91. The molecule has 0 aromatic heterocycles. The van der Waals surface area contributed by atoms with Crippen LogP contribution in [0.2, 0.25) is 0 Å². The van der Waals surface area contributed by atoms with E-state index in [9.17, 15) is 21.6 Å². The number of sulfone groups is 1. The summed E-state index contributed by atoms with van der Waals surface area (Å²) in [7, 11) is -3.04. The van der Waals surface area contributed by atoms with Crippen LogP contribution >= 0.6 is 11.6 Å². The highest BCUT2D eigenvalue weighted by atomic mass is 35.5. The minimum atomic E-state index is -4.36. The number of hydrogen-bond acceptors (Lipinski definition) is 3. The largest absolute Gasteiger partial charge is 0.411 e. The Kier molecular flexibility index (Phi) is 5.09. The van der Waals surface area contributed by atoms with Gasteiger partial charge in [0.05, 0.1) is 18.1 Å². The summed E-state index contributed by atoms with van der Waals surface area (Å²) in [4.78, 5) is 0. The highest BCUT2D eigenvalue weighted by molar-refractivity contribution is 7.91. The first-order chi connectivity index (χ1) is 7.73. The molecule has 1 heterocycles. The normalized spacial score (nSPS) is 26.0. The molecule has 0 saturated carbocycles. The van der Waals surface area contributed by atoms with Gasteiger partial charge in [0.25, 0.3) is 0 Å². The summed E-state index contributed by atoms with van der Waals surface area (Å²) in [5.74, 6) is -0.329. The summed E-state index contributed by atoms with van der Waals surface area (Å²) < 4.78 is 62.6. The van der Waals surface area contributed by atoms with Crippen LogP contribution in [0.1, 0.15) is 6.42 Å². The zero-order valence-electron chi connectivity index (χ0n) is 9.04.